The lowest BCUT2D eigenvalue weighted by Crippen LogP contribution is -1.93. The van der Waals surface area contributed by atoms with Crippen LogP contribution in [0.3, 0.4) is 0 Å². The minimum Gasteiger partial charge on any atom is -0.508 e. The van der Waals surface area contributed by atoms with E-state index in [0.29, 0.717) is 5.88 Å². The standard InChI is InChI=1S/C15H19ClO3/c16-10-4-2-1-3-5-13(11-15(18)19)12-6-8-14(17)9-7-12/h6-9,11,17H,1-5,10H2,(H,18,19)/b13-11+. The van der Waals surface area contributed by atoms with Crippen molar-refractivity contribution in [1.29, 1.82) is 0 Å². The largest absolute Gasteiger partial charge is 0.508 e. The van der Waals surface area contributed by atoms with Gasteiger partial charge in [0.15, 0.2) is 0 Å². The average molecular weight is 283 g/mol. The number of unbranched alkanes of at least 4 members (excludes halogenated alkanes) is 3. The molecule has 0 radical (unpaired) electrons. The monoisotopic (exact) mass is 282 g/mol. The van der Waals surface area contributed by atoms with Crippen LogP contribution in [0, 0.1) is 0 Å². The highest BCUT2D eigenvalue weighted by Gasteiger charge is 2.04. The zero-order chi connectivity index (χ0) is 14.1. The number of aliphatic carboxylic acids is 1. The van der Waals surface area contributed by atoms with Crippen molar-refractivity contribution >= 4 is 23.1 Å². The van der Waals surface area contributed by atoms with E-state index in [4.69, 9.17) is 16.7 Å². The molecule has 19 heavy (non-hydrogen) atoms. The van der Waals surface area contributed by atoms with Crippen LogP contribution in [0.25, 0.3) is 5.57 Å². The first kappa shape index (κ1) is 15.6. The molecule has 0 atom stereocenters. The second kappa shape index (κ2) is 8.59. The van der Waals surface area contributed by atoms with Crippen molar-refractivity contribution in [2.24, 2.45) is 0 Å². The zero-order valence-corrected chi connectivity index (χ0v) is 11.6. The summed E-state index contributed by atoms with van der Waals surface area (Å²) in [6, 6.07) is 6.61. The summed E-state index contributed by atoms with van der Waals surface area (Å²) in [7, 11) is 0. The Morgan fingerprint density at radius 2 is 1.74 bits per heavy atom. The quantitative estimate of drug-likeness (QED) is 0.430. The summed E-state index contributed by atoms with van der Waals surface area (Å²) in [5, 5.41) is 18.1. The maximum absolute atomic E-state index is 10.8. The fourth-order valence-corrected chi connectivity index (χ4v) is 2.08. The van der Waals surface area contributed by atoms with E-state index in [2.05, 4.69) is 0 Å². The van der Waals surface area contributed by atoms with Gasteiger partial charge in [0, 0.05) is 12.0 Å². The third kappa shape index (κ3) is 6.30. The first-order valence-corrected chi connectivity index (χ1v) is 6.96. The van der Waals surface area contributed by atoms with Crippen LogP contribution in [0.1, 0.15) is 37.7 Å². The highest BCUT2D eigenvalue weighted by atomic mass is 35.5. The maximum Gasteiger partial charge on any atom is 0.328 e. The minimum absolute atomic E-state index is 0.181. The number of hydrogen-bond acceptors (Lipinski definition) is 2. The Labute approximate surface area is 118 Å². The summed E-state index contributed by atoms with van der Waals surface area (Å²) < 4.78 is 0. The fraction of sp³-hybridized carbons (Fsp3) is 0.400. The summed E-state index contributed by atoms with van der Waals surface area (Å²) in [5.74, 6) is -0.0835. The Hall–Kier alpha value is -1.48. The topological polar surface area (TPSA) is 57.5 Å². The van der Waals surface area contributed by atoms with Crippen LogP contribution < -0.4 is 0 Å². The van der Waals surface area contributed by atoms with Gasteiger partial charge in [0.05, 0.1) is 0 Å². The number of alkyl halides is 1. The molecule has 3 nitrogen and oxygen atoms in total. The smallest absolute Gasteiger partial charge is 0.328 e. The zero-order valence-electron chi connectivity index (χ0n) is 10.8. The van der Waals surface area contributed by atoms with E-state index in [9.17, 15) is 9.90 Å². The van der Waals surface area contributed by atoms with E-state index >= 15 is 0 Å². The van der Waals surface area contributed by atoms with E-state index in [1.54, 1.807) is 24.3 Å². The highest BCUT2D eigenvalue weighted by Crippen LogP contribution is 2.23. The molecule has 1 rings (SSSR count). The van der Waals surface area contributed by atoms with E-state index in [1.165, 1.54) is 6.08 Å². The van der Waals surface area contributed by atoms with Gasteiger partial charge >= 0.3 is 5.97 Å². The molecule has 104 valence electrons. The molecule has 2 N–H and O–H groups in total. The number of phenolic OH excluding ortho intramolecular Hbond substituents is 1. The molecular formula is C15H19ClO3. The Morgan fingerprint density at radius 1 is 1.11 bits per heavy atom. The summed E-state index contributed by atoms with van der Waals surface area (Å²) in [6.07, 6.45) is 6.02. The lowest BCUT2D eigenvalue weighted by atomic mass is 9.99. The highest BCUT2D eigenvalue weighted by molar-refractivity contribution is 6.17. The molecule has 0 saturated heterocycles. The van der Waals surface area contributed by atoms with Crippen molar-refractivity contribution in [3.8, 4) is 5.75 Å². The summed E-state index contributed by atoms with van der Waals surface area (Å²) >= 11 is 5.61. The van der Waals surface area contributed by atoms with Crippen molar-refractivity contribution in [2.45, 2.75) is 32.1 Å². The second-order valence-electron chi connectivity index (χ2n) is 4.41. The third-order valence-corrected chi connectivity index (χ3v) is 3.13. The van der Waals surface area contributed by atoms with Gasteiger partial charge in [-0.05, 0) is 42.5 Å². The molecule has 0 aromatic heterocycles. The lowest BCUT2D eigenvalue weighted by molar-refractivity contribution is -0.131. The van der Waals surface area contributed by atoms with Gasteiger partial charge in [0.25, 0.3) is 0 Å². The van der Waals surface area contributed by atoms with Gasteiger partial charge in [-0.1, -0.05) is 25.0 Å². The SMILES string of the molecule is O=C(O)/C=C(\CCCCCCCl)c1ccc(O)cc1. The van der Waals surface area contributed by atoms with Gasteiger partial charge in [0.2, 0.25) is 0 Å². The number of carbonyl (C=O) groups is 1. The molecule has 0 unspecified atom stereocenters. The predicted molar refractivity (Wildman–Crippen MR) is 77.5 cm³/mol. The van der Waals surface area contributed by atoms with Crippen LogP contribution in [0.4, 0.5) is 0 Å². The molecule has 0 aliphatic rings. The van der Waals surface area contributed by atoms with Gasteiger partial charge in [0.1, 0.15) is 5.75 Å². The molecule has 0 fully saturated rings. The number of aromatic hydroxyl groups is 1. The Balaban J connectivity index is 2.63. The predicted octanol–water partition coefficient (Wildman–Crippen LogP) is 4.05. The second-order valence-corrected chi connectivity index (χ2v) is 4.79. The summed E-state index contributed by atoms with van der Waals surface area (Å²) in [4.78, 5) is 10.8. The van der Waals surface area contributed by atoms with Gasteiger partial charge in [-0.2, -0.15) is 0 Å². The number of phenols is 1. The van der Waals surface area contributed by atoms with Crippen molar-refractivity contribution in [2.75, 3.05) is 5.88 Å². The first-order chi connectivity index (χ1) is 9.13. The van der Waals surface area contributed by atoms with Crippen molar-refractivity contribution < 1.29 is 15.0 Å². The molecule has 1 aromatic rings. The Kier molecular flexibility index (Phi) is 7.04. The molecule has 0 spiro atoms. The van der Waals surface area contributed by atoms with Crippen LogP contribution >= 0.6 is 11.6 Å². The van der Waals surface area contributed by atoms with Crippen LogP contribution in [0.2, 0.25) is 0 Å². The van der Waals surface area contributed by atoms with Crippen LogP contribution in [-0.2, 0) is 4.79 Å². The van der Waals surface area contributed by atoms with Crippen molar-refractivity contribution in [3.63, 3.8) is 0 Å². The molecule has 0 aliphatic heterocycles. The molecule has 1 aromatic carbocycles. The van der Waals surface area contributed by atoms with Crippen molar-refractivity contribution in [3.05, 3.63) is 35.9 Å². The Bertz CT molecular complexity index is 424. The number of halogens is 1. The van der Waals surface area contributed by atoms with Crippen LogP contribution in [-0.4, -0.2) is 22.1 Å². The van der Waals surface area contributed by atoms with Gasteiger partial charge < -0.3 is 10.2 Å². The van der Waals surface area contributed by atoms with Gasteiger partial charge in [-0.15, -0.1) is 11.6 Å². The van der Waals surface area contributed by atoms with Gasteiger partial charge in [-0.25, -0.2) is 4.79 Å². The molecule has 0 heterocycles. The molecular weight excluding hydrogens is 264 g/mol. The molecule has 0 saturated carbocycles. The molecule has 0 bridgehead atoms. The van der Waals surface area contributed by atoms with Crippen LogP contribution in [0.5, 0.6) is 5.75 Å². The normalized spacial score (nSPS) is 11.5. The number of hydrogen-bond donors (Lipinski definition) is 2. The number of carboxylic acid groups (broad SMARTS) is 1. The number of rotatable bonds is 8. The summed E-state index contributed by atoms with van der Waals surface area (Å²) in [5.41, 5.74) is 1.64. The van der Waals surface area contributed by atoms with Crippen molar-refractivity contribution in [1.82, 2.24) is 0 Å². The number of allylic oxidation sites excluding steroid dienone is 1. The fourth-order valence-electron chi connectivity index (χ4n) is 1.89. The molecule has 0 amide bonds. The minimum atomic E-state index is -0.941. The number of benzene rings is 1. The molecule has 4 heteroatoms. The van der Waals surface area contributed by atoms with E-state index in [-0.39, 0.29) is 5.75 Å². The lowest BCUT2D eigenvalue weighted by Gasteiger charge is -2.07. The maximum atomic E-state index is 10.8. The average Bonchev–Trinajstić information content (AvgIpc) is 2.38. The first-order valence-electron chi connectivity index (χ1n) is 6.42. The van der Waals surface area contributed by atoms with Gasteiger partial charge in [-0.3, -0.25) is 0 Å². The third-order valence-electron chi connectivity index (χ3n) is 2.87. The van der Waals surface area contributed by atoms with E-state index in [0.717, 1.165) is 43.2 Å². The molecule has 0 aliphatic carbocycles. The number of carboxylic acids is 1. The Morgan fingerprint density at radius 3 is 2.32 bits per heavy atom. The summed E-state index contributed by atoms with van der Waals surface area (Å²) in [6.45, 7) is 0. The van der Waals surface area contributed by atoms with E-state index < -0.39 is 5.97 Å². The van der Waals surface area contributed by atoms with E-state index in [1.807, 2.05) is 0 Å². The van der Waals surface area contributed by atoms with Crippen LogP contribution in [0.15, 0.2) is 30.3 Å².